The van der Waals surface area contributed by atoms with Crippen molar-refractivity contribution in [1.82, 2.24) is 19.6 Å². The molecule has 0 aliphatic carbocycles. The van der Waals surface area contributed by atoms with Crippen molar-refractivity contribution < 1.29 is 14.7 Å². The molecule has 2 heterocycles. The number of para-hydroxylation sites is 1. The summed E-state index contributed by atoms with van der Waals surface area (Å²) < 4.78 is 2.54. The Morgan fingerprint density at radius 3 is 2.46 bits per heavy atom. The molecular formula is C27H29BrN4O3. The lowest BCUT2D eigenvalue weighted by Gasteiger charge is -2.28. The molecule has 1 aromatic heterocycles. The van der Waals surface area contributed by atoms with Crippen molar-refractivity contribution in [3.63, 3.8) is 0 Å². The summed E-state index contributed by atoms with van der Waals surface area (Å²) >= 11 is 3.50. The first kappa shape index (κ1) is 24.9. The quantitative estimate of drug-likeness (QED) is 0.256. The molecule has 0 radical (unpaired) electrons. The van der Waals surface area contributed by atoms with Gasteiger partial charge in [0.1, 0.15) is 5.76 Å². The van der Waals surface area contributed by atoms with E-state index in [4.69, 9.17) is 0 Å². The second-order valence-corrected chi connectivity index (χ2v) is 9.38. The molecule has 1 saturated heterocycles. The number of halogens is 1. The number of hydrogen-bond acceptors (Lipinski definition) is 5. The number of carbonyl (C=O) groups excluding carboxylic acids is 2. The van der Waals surface area contributed by atoms with Crippen molar-refractivity contribution in [2.24, 2.45) is 0 Å². The van der Waals surface area contributed by atoms with E-state index in [1.807, 2.05) is 61.5 Å². The van der Waals surface area contributed by atoms with E-state index in [9.17, 15) is 14.7 Å². The van der Waals surface area contributed by atoms with Gasteiger partial charge in [0.05, 0.1) is 34.8 Å². The van der Waals surface area contributed by atoms with E-state index in [1.54, 1.807) is 15.8 Å². The van der Waals surface area contributed by atoms with Crippen LogP contribution in [0.1, 0.15) is 36.7 Å². The molecule has 182 valence electrons. The number of aromatic nitrogens is 2. The van der Waals surface area contributed by atoms with Gasteiger partial charge >= 0.3 is 0 Å². The minimum Gasteiger partial charge on any atom is -0.507 e. The van der Waals surface area contributed by atoms with Gasteiger partial charge < -0.3 is 14.9 Å². The number of aliphatic hydroxyl groups is 1. The molecule has 7 nitrogen and oxygen atoms in total. The van der Waals surface area contributed by atoms with Crippen LogP contribution in [0.3, 0.4) is 0 Å². The Balaban J connectivity index is 1.82. The van der Waals surface area contributed by atoms with E-state index in [0.29, 0.717) is 24.3 Å². The van der Waals surface area contributed by atoms with Gasteiger partial charge in [0.2, 0.25) is 0 Å². The van der Waals surface area contributed by atoms with Crippen LogP contribution in [0, 0.1) is 6.92 Å². The van der Waals surface area contributed by atoms with Crippen LogP contribution in [0.5, 0.6) is 0 Å². The Labute approximate surface area is 213 Å². The number of likely N-dealkylation sites (tertiary alicyclic amines) is 1. The van der Waals surface area contributed by atoms with Gasteiger partial charge in [-0.15, -0.1) is 0 Å². The number of carbonyl (C=O) groups is 2. The van der Waals surface area contributed by atoms with E-state index in [2.05, 4.69) is 39.8 Å². The molecule has 1 aliphatic heterocycles. The van der Waals surface area contributed by atoms with Crippen molar-refractivity contribution >= 4 is 33.4 Å². The predicted octanol–water partition coefficient (Wildman–Crippen LogP) is 4.71. The molecular weight excluding hydrogens is 508 g/mol. The third-order valence-electron chi connectivity index (χ3n) is 6.52. The third kappa shape index (κ3) is 4.81. The summed E-state index contributed by atoms with van der Waals surface area (Å²) in [4.78, 5) is 30.3. The molecule has 1 amide bonds. The largest absolute Gasteiger partial charge is 0.507 e. The van der Waals surface area contributed by atoms with Crippen LogP contribution in [0.25, 0.3) is 11.4 Å². The average molecular weight is 537 g/mol. The Hall–Kier alpha value is -3.23. The molecule has 35 heavy (non-hydrogen) atoms. The van der Waals surface area contributed by atoms with Crippen molar-refractivity contribution in [2.45, 2.75) is 26.8 Å². The van der Waals surface area contributed by atoms with Gasteiger partial charge in [0, 0.05) is 17.6 Å². The van der Waals surface area contributed by atoms with E-state index < -0.39 is 17.7 Å². The summed E-state index contributed by atoms with van der Waals surface area (Å²) in [5.74, 6) is -1.49. The average Bonchev–Trinajstić information content (AvgIpc) is 3.37. The van der Waals surface area contributed by atoms with E-state index in [-0.39, 0.29) is 11.3 Å². The number of likely N-dealkylation sites (N-methyl/N-ethyl adjacent to an activating group) is 1. The molecule has 8 heteroatoms. The fourth-order valence-corrected chi connectivity index (χ4v) is 4.96. The molecule has 0 bridgehead atoms. The zero-order chi connectivity index (χ0) is 25.1. The summed E-state index contributed by atoms with van der Waals surface area (Å²) in [5, 5.41) is 15.9. The second kappa shape index (κ2) is 10.6. The van der Waals surface area contributed by atoms with Crippen molar-refractivity contribution in [2.75, 3.05) is 26.2 Å². The van der Waals surface area contributed by atoms with Crippen LogP contribution < -0.4 is 0 Å². The molecule has 1 unspecified atom stereocenters. The number of hydrogen-bond donors (Lipinski definition) is 1. The molecule has 1 aliphatic rings. The standard InChI is InChI=1S/C27H29BrN4O3/c1-4-30(5-2)14-15-31-24(19-10-9-11-20(28)16-19)23(26(34)27(31)35)25(33)22-17-29-32(18(22)3)21-12-7-6-8-13-21/h6-13,16-17,24,33H,4-5,14-15H2,1-3H3. The molecule has 1 atom stereocenters. The minimum absolute atomic E-state index is 0.0864. The van der Waals surface area contributed by atoms with Crippen molar-refractivity contribution in [3.8, 4) is 5.69 Å². The number of ketones is 1. The Kier molecular flexibility index (Phi) is 7.52. The highest BCUT2D eigenvalue weighted by Gasteiger charge is 2.46. The van der Waals surface area contributed by atoms with Crippen LogP contribution in [-0.2, 0) is 9.59 Å². The summed E-state index contributed by atoms with van der Waals surface area (Å²) in [6, 6.07) is 16.4. The number of benzene rings is 2. The van der Waals surface area contributed by atoms with Gasteiger partial charge in [0.25, 0.3) is 11.7 Å². The molecule has 1 fully saturated rings. The maximum atomic E-state index is 13.3. The number of Topliss-reactive ketones (excluding diaryl/α,β-unsaturated/α-hetero) is 1. The number of amides is 1. The molecule has 1 N–H and O–H groups in total. The Morgan fingerprint density at radius 2 is 1.80 bits per heavy atom. The molecule has 0 spiro atoms. The van der Waals surface area contributed by atoms with E-state index in [1.165, 1.54) is 0 Å². The fourth-order valence-electron chi connectivity index (χ4n) is 4.54. The number of rotatable bonds is 8. The van der Waals surface area contributed by atoms with Crippen LogP contribution in [-0.4, -0.2) is 62.6 Å². The lowest BCUT2D eigenvalue weighted by Crippen LogP contribution is -2.38. The SMILES string of the molecule is CCN(CC)CCN1C(=O)C(=O)C(=C(O)c2cnn(-c3ccccc3)c2C)C1c1cccc(Br)c1. The first-order valence-electron chi connectivity index (χ1n) is 11.7. The lowest BCUT2D eigenvalue weighted by atomic mass is 9.95. The summed E-state index contributed by atoms with van der Waals surface area (Å²) in [7, 11) is 0. The summed E-state index contributed by atoms with van der Waals surface area (Å²) in [6.07, 6.45) is 1.54. The third-order valence-corrected chi connectivity index (χ3v) is 7.01. The van der Waals surface area contributed by atoms with Crippen LogP contribution in [0.15, 0.2) is 70.8 Å². The highest BCUT2D eigenvalue weighted by Crippen LogP contribution is 2.40. The normalized spacial score (nSPS) is 17.5. The summed E-state index contributed by atoms with van der Waals surface area (Å²) in [6.45, 7) is 8.67. The zero-order valence-corrected chi connectivity index (χ0v) is 21.7. The van der Waals surface area contributed by atoms with E-state index in [0.717, 1.165) is 28.8 Å². The smallest absolute Gasteiger partial charge is 0.295 e. The van der Waals surface area contributed by atoms with Crippen LogP contribution in [0.4, 0.5) is 0 Å². The zero-order valence-electron chi connectivity index (χ0n) is 20.1. The Morgan fingerprint density at radius 1 is 1.09 bits per heavy atom. The van der Waals surface area contributed by atoms with Gasteiger partial charge in [-0.25, -0.2) is 4.68 Å². The monoisotopic (exact) mass is 536 g/mol. The maximum absolute atomic E-state index is 13.3. The van der Waals surface area contributed by atoms with Gasteiger partial charge in [-0.05, 0) is 49.8 Å². The molecule has 4 rings (SSSR count). The van der Waals surface area contributed by atoms with E-state index >= 15 is 0 Å². The van der Waals surface area contributed by atoms with Crippen LogP contribution in [0.2, 0.25) is 0 Å². The highest BCUT2D eigenvalue weighted by molar-refractivity contribution is 9.10. The number of aliphatic hydroxyl groups excluding tert-OH is 1. The lowest BCUT2D eigenvalue weighted by molar-refractivity contribution is -0.140. The first-order chi connectivity index (χ1) is 16.9. The van der Waals surface area contributed by atoms with Crippen molar-refractivity contribution in [3.05, 3.63) is 87.7 Å². The molecule has 0 saturated carbocycles. The maximum Gasteiger partial charge on any atom is 0.295 e. The molecule has 3 aromatic rings. The number of nitrogens with zero attached hydrogens (tertiary/aromatic N) is 4. The van der Waals surface area contributed by atoms with Gasteiger partial charge in [-0.2, -0.15) is 5.10 Å². The Bertz CT molecular complexity index is 1260. The predicted molar refractivity (Wildman–Crippen MR) is 139 cm³/mol. The second-order valence-electron chi connectivity index (χ2n) is 8.47. The minimum atomic E-state index is -0.692. The molecule has 2 aromatic carbocycles. The fraction of sp³-hybridized carbons (Fsp3) is 0.296. The first-order valence-corrected chi connectivity index (χ1v) is 12.5. The topological polar surface area (TPSA) is 78.7 Å². The summed E-state index contributed by atoms with van der Waals surface area (Å²) in [5.41, 5.74) is 2.79. The van der Waals surface area contributed by atoms with Crippen LogP contribution >= 0.6 is 15.9 Å². The van der Waals surface area contributed by atoms with Gasteiger partial charge in [-0.3, -0.25) is 9.59 Å². The van der Waals surface area contributed by atoms with Crippen molar-refractivity contribution in [1.29, 1.82) is 0 Å². The van der Waals surface area contributed by atoms with Gasteiger partial charge in [-0.1, -0.05) is 60.1 Å². The van der Waals surface area contributed by atoms with Gasteiger partial charge in [0.15, 0.2) is 0 Å². The highest BCUT2D eigenvalue weighted by atomic mass is 79.9.